The summed E-state index contributed by atoms with van der Waals surface area (Å²) in [5.41, 5.74) is 5.86. The lowest BCUT2D eigenvalue weighted by Crippen LogP contribution is -1.97. The number of anilines is 1. The lowest BCUT2D eigenvalue weighted by Gasteiger charge is -1.96. The van der Waals surface area contributed by atoms with Crippen LogP contribution in [0.15, 0.2) is 23.6 Å². The lowest BCUT2D eigenvalue weighted by atomic mass is 10.3. The van der Waals surface area contributed by atoms with Crippen molar-refractivity contribution in [3.8, 4) is 0 Å². The second kappa shape index (κ2) is 5.57. The third kappa shape index (κ3) is 3.24. The molecule has 2 rings (SSSR count). The fourth-order valence-electron chi connectivity index (χ4n) is 1.34. The predicted molar refractivity (Wildman–Crippen MR) is 75.0 cm³/mol. The second-order valence-electron chi connectivity index (χ2n) is 3.37. The Kier molecular flexibility index (Phi) is 4.09. The van der Waals surface area contributed by atoms with E-state index in [4.69, 9.17) is 10.8 Å². The minimum atomic E-state index is -0.951. The van der Waals surface area contributed by atoms with Crippen LogP contribution < -0.4 is 5.73 Å². The topological polar surface area (TPSA) is 63.3 Å². The van der Waals surface area contributed by atoms with Crippen molar-refractivity contribution in [1.82, 2.24) is 0 Å². The van der Waals surface area contributed by atoms with Gasteiger partial charge >= 0.3 is 5.97 Å². The number of nitrogen functional groups attached to an aromatic ring is 1. The molecule has 0 aliphatic carbocycles. The molecule has 0 atom stereocenters. The number of carboxylic acids is 1. The molecule has 0 aliphatic rings. The zero-order chi connectivity index (χ0) is 12.3. The Balaban J connectivity index is 1.91. The van der Waals surface area contributed by atoms with Gasteiger partial charge in [-0.1, -0.05) is 6.07 Å². The summed E-state index contributed by atoms with van der Waals surface area (Å²) in [6, 6.07) is 5.80. The number of carbonyl (C=O) groups is 1. The fraction of sp³-hybridized carbons (Fsp3) is 0.182. The van der Waals surface area contributed by atoms with Crippen LogP contribution in [-0.2, 0) is 11.5 Å². The van der Waals surface area contributed by atoms with E-state index in [0.717, 1.165) is 16.4 Å². The van der Waals surface area contributed by atoms with Crippen molar-refractivity contribution in [3.05, 3.63) is 38.9 Å². The molecule has 0 unspecified atom stereocenters. The van der Waals surface area contributed by atoms with Gasteiger partial charge in [0, 0.05) is 21.3 Å². The van der Waals surface area contributed by atoms with Crippen LogP contribution in [0.1, 0.15) is 20.1 Å². The molecule has 2 heterocycles. The minimum Gasteiger partial charge on any atom is -0.478 e. The average Bonchev–Trinajstić information content (AvgIpc) is 2.88. The SMILES string of the molecule is Nc1sc(CSCc2cccs2)cc1C(=O)O. The normalized spacial score (nSPS) is 10.6. The molecule has 3 nitrogen and oxygen atoms in total. The van der Waals surface area contributed by atoms with Gasteiger partial charge in [-0.15, -0.1) is 22.7 Å². The number of carboxylic acid groups (broad SMARTS) is 1. The average molecular weight is 285 g/mol. The van der Waals surface area contributed by atoms with E-state index >= 15 is 0 Å². The second-order valence-corrected chi connectivity index (χ2v) is 6.55. The first-order valence-corrected chi connectivity index (χ1v) is 7.73. The van der Waals surface area contributed by atoms with Gasteiger partial charge in [0.15, 0.2) is 0 Å². The van der Waals surface area contributed by atoms with E-state index in [9.17, 15) is 4.79 Å². The number of thiophene rings is 2. The Morgan fingerprint density at radius 2 is 2.18 bits per heavy atom. The molecule has 0 saturated heterocycles. The molecule has 2 aromatic rings. The van der Waals surface area contributed by atoms with Gasteiger partial charge in [0.05, 0.1) is 5.56 Å². The standard InChI is InChI=1S/C11H11NO2S3/c12-10-9(11(13)14)4-8(17-10)6-15-5-7-2-1-3-16-7/h1-4H,5-6,12H2,(H,13,14). The number of thioether (sulfide) groups is 1. The molecule has 0 fully saturated rings. The number of hydrogen-bond donors (Lipinski definition) is 2. The summed E-state index contributed by atoms with van der Waals surface area (Å²) in [5.74, 6) is 0.811. The Labute approximate surface area is 111 Å². The van der Waals surface area contributed by atoms with E-state index in [1.165, 1.54) is 16.2 Å². The van der Waals surface area contributed by atoms with Gasteiger partial charge in [-0.25, -0.2) is 4.79 Å². The van der Waals surface area contributed by atoms with Crippen LogP contribution in [0.5, 0.6) is 0 Å². The molecular formula is C11H11NO2S3. The monoisotopic (exact) mass is 285 g/mol. The lowest BCUT2D eigenvalue weighted by molar-refractivity contribution is 0.0698. The van der Waals surface area contributed by atoms with Crippen molar-refractivity contribution >= 4 is 45.4 Å². The van der Waals surface area contributed by atoms with Crippen molar-refractivity contribution in [2.24, 2.45) is 0 Å². The Hall–Kier alpha value is -0.980. The van der Waals surface area contributed by atoms with Gasteiger partial charge in [0.2, 0.25) is 0 Å². The van der Waals surface area contributed by atoms with E-state index in [0.29, 0.717) is 5.00 Å². The highest BCUT2D eigenvalue weighted by Crippen LogP contribution is 2.29. The Morgan fingerprint density at radius 3 is 2.76 bits per heavy atom. The van der Waals surface area contributed by atoms with Crippen LogP contribution in [-0.4, -0.2) is 11.1 Å². The number of nitrogens with two attached hydrogens (primary N) is 1. The van der Waals surface area contributed by atoms with E-state index in [1.807, 2.05) is 6.07 Å². The van der Waals surface area contributed by atoms with Crippen LogP contribution in [0.3, 0.4) is 0 Å². The summed E-state index contributed by atoms with van der Waals surface area (Å²) in [6.07, 6.45) is 0. The van der Waals surface area contributed by atoms with Gasteiger partial charge in [-0.2, -0.15) is 11.8 Å². The third-order valence-corrected chi connectivity index (χ3v) is 5.35. The summed E-state index contributed by atoms with van der Waals surface area (Å²) < 4.78 is 0. The highest BCUT2D eigenvalue weighted by atomic mass is 32.2. The van der Waals surface area contributed by atoms with Gasteiger partial charge in [-0.05, 0) is 17.5 Å². The molecule has 3 N–H and O–H groups in total. The molecule has 0 aromatic carbocycles. The maximum atomic E-state index is 10.8. The van der Waals surface area contributed by atoms with E-state index in [2.05, 4.69) is 11.4 Å². The number of rotatable bonds is 5. The summed E-state index contributed by atoms with van der Waals surface area (Å²) in [4.78, 5) is 13.2. The third-order valence-electron chi connectivity index (χ3n) is 2.11. The van der Waals surface area contributed by atoms with Crippen molar-refractivity contribution < 1.29 is 9.90 Å². The molecular weight excluding hydrogens is 274 g/mol. The fourth-order valence-corrected chi connectivity index (χ4v) is 4.24. The molecule has 17 heavy (non-hydrogen) atoms. The van der Waals surface area contributed by atoms with Gasteiger partial charge in [0.25, 0.3) is 0 Å². The maximum absolute atomic E-state index is 10.8. The smallest absolute Gasteiger partial charge is 0.338 e. The van der Waals surface area contributed by atoms with Crippen LogP contribution >= 0.6 is 34.4 Å². The molecule has 0 amide bonds. The van der Waals surface area contributed by atoms with Crippen molar-refractivity contribution in [3.63, 3.8) is 0 Å². The molecule has 90 valence electrons. The highest BCUT2D eigenvalue weighted by Gasteiger charge is 2.12. The molecule has 0 spiro atoms. The maximum Gasteiger partial charge on any atom is 0.338 e. The van der Waals surface area contributed by atoms with E-state index in [-0.39, 0.29) is 5.56 Å². The minimum absolute atomic E-state index is 0.224. The quantitative estimate of drug-likeness (QED) is 0.882. The summed E-state index contributed by atoms with van der Waals surface area (Å²) in [7, 11) is 0. The first-order valence-electron chi connectivity index (χ1n) is 4.88. The molecule has 0 bridgehead atoms. The van der Waals surface area contributed by atoms with Gasteiger partial charge < -0.3 is 10.8 Å². The molecule has 0 aliphatic heterocycles. The van der Waals surface area contributed by atoms with E-state index < -0.39 is 5.97 Å². The zero-order valence-electron chi connectivity index (χ0n) is 8.88. The number of aromatic carboxylic acids is 1. The first-order chi connectivity index (χ1) is 8.16. The molecule has 0 saturated carbocycles. The van der Waals surface area contributed by atoms with Crippen LogP contribution in [0.25, 0.3) is 0 Å². The summed E-state index contributed by atoms with van der Waals surface area (Å²) in [5, 5.41) is 11.3. The van der Waals surface area contributed by atoms with Crippen LogP contribution in [0.2, 0.25) is 0 Å². The van der Waals surface area contributed by atoms with Crippen LogP contribution in [0, 0.1) is 0 Å². The predicted octanol–water partition coefficient (Wildman–Crippen LogP) is 3.52. The summed E-state index contributed by atoms with van der Waals surface area (Å²) in [6.45, 7) is 0. The van der Waals surface area contributed by atoms with Crippen molar-refractivity contribution in [2.75, 3.05) is 5.73 Å². The number of hydrogen-bond acceptors (Lipinski definition) is 5. The first kappa shape index (κ1) is 12.5. The highest BCUT2D eigenvalue weighted by molar-refractivity contribution is 7.98. The van der Waals surface area contributed by atoms with Gasteiger partial charge in [0.1, 0.15) is 5.00 Å². The molecule has 6 heteroatoms. The van der Waals surface area contributed by atoms with E-state index in [1.54, 1.807) is 29.2 Å². The molecule has 0 radical (unpaired) electrons. The van der Waals surface area contributed by atoms with Crippen molar-refractivity contribution in [2.45, 2.75) is 11.5 Å². The van der Waals surface area contributed by atoms with Crippen LogP contribution in [0.4, 0.5) is 5.00 Å². The van der Waals surface area contributed by atoms with Crippen molar-refractivity contribution in [1.29, 1.82) is 0 Å². The van der Waals surface area contributed by atoms with Gasteiger partial charge in [-0.3, -0.25) is 0 Å². The largest absolute Gasteiger partial charge is 0.478 e. The zero-order valence-corrected chi connectivity index (χ0v) is 11.3. The summed E-state index contributed by atoms with van der Waals surface area (Å²) >= 11 is 4.86. The molecule has 2 aromatic heterocycles. The Bertz CT molecular complexity index is 505. The Morgan fingerprint density at radius 1 is 1.41 bits per heavy atom.